The number of nitrogens with zero attached hydrogens (tertiary/aromatic N) is 2. The van der Waals surface area contributed by atoms with E-state index in [4.69, 9.17) is 0 Å². The third-order valence-electron chi connectivity index (χ3n) is 5.35. The van der Waals surface area contributed by atoms with Crippen molar-refractivity contribution in [2.75, 3.05) is 16.8 Å². The van der Waals surface area contributed by atoms with E-state index in [0.717, 1.165) is 36.3 Å². The molecular weight excluding hydrogens is 326 g/mol. The van der Waals surface area contributed by atoms with Gasteiger partial charge < -0.3 is 10.2 Å². The van der Waals surface area contributed by atoms with Crippen LogP contribution >= 0.6 is 0 Å². The standard InChI is InChI=1S/C21H27N3O2/c1-15-7-9-19(12-16(15)2)22-14-18-8-10-20(21(13-18)24(25)26)23-11-5-4-6-17(23)3/h7-10,12-13,17,22H,4-6,11,14H2,1-3H3. The van der Waals surface area contributed by atoms with Gasteiger partial charge in [-0.05, 0) is 74.9 Å². The first-order valence-electron chi connectivity index (χ1n) is 9.31. The van der Waals surface area contributed by atoms with Crippen molar-refractivity contribution in [3.8, 4) is 0 Å². The van der Waals surface area contributed by atoms with E-state index >= 15 is 0 Å². The van der Waals surface area contributed by atoms with Gasteiger partial charge in [-0.2, -0.15) is 0 Å². The lowest BCUT2D eigenvalue weighted by Gasteiger charge is -2.35. The highest BCUT2D eigenvalue weighted by Crippen LogP contribution is 2.33. The molecule has 3 rings (SSSR count). The fraction of sp³-hybridized carbons (Fsp3) is 0.429. The Bertz CT molecular complexity index is 804. The van der Waals surface area contributed by atoms with Crippen LogP contribution in [0.2, 0.25) is 0 Å². The maximum Gasteiger partial charge on any atom is 0.292 e. The minimum Gasteiger partial charge on any atom is -0.381 e. The maximum absolute atomic E-state index is 11.6. The smallest absolute Gasteiger partial charge is 0.292 e. The number of piperidine rings is 1. The molecule has 1 aliphatic heterocycles. The molecule has 1 saturated heterocycles. The molecule has 0 spiro atoms. The van der Waals surface area contributed by atoms with E-state index in [1.807, 2.05) is 18.2 Å². The quantitative estimate of drug-likeness (QED) is 0.593. The second-order valence-corrected chi connectivity index (χ2v) is 7.27. The van der Waals surface area contributed by atoms with Gasteiger partial charge in [0, 0.05) is 30.9 Å². The van der Waals surface area contributed by atoms with Crippen LogP contribution in [0.1, 0.15) is 42.9 Å². The van der Waals surface area contributed by atoms with Crippen molar-refractivity contribution in [1.82, 2.24) is 0 Å². The molecule has 0 aromatic heterocycles. The lowest BCUT2D eigenvalue weighted by atomic mass is 10.0. The van der Waals surface area contributed by atoms with Gasteiger partial charge in [0.05, 0.1) is 4.92 Å². The van der Waals surface area contributed by atoms with Gasteiger partial charge in [0.15, 0.2) is 0 Å². The second kappa shape index (κ2) is 7.77. The lowest BCUT2D eigenvalue weighted by Crippen LogP contribution is -2.37. The number of benzene rings is 2. The predicted octanol–water partition coefficient (Wildman–Crippen LogP) is 5.20. The second-order valence-electron chi connectivity index (χ2n) is 7.27. The molecule has 0 bridgehead atoms. The van der Waals surface area contributed by atoms with E-state index in [0.29, 0.717) is 12.6 Å². The van der Waals surface area contributed by atoms with Gasteiger partial charge in [-0.25, -0.2) is 0 Å². The van der Waals surface area contributed by atoms with Crippen LogP contribution in [0.25, 0.3) is 0 Å². The number of nitro groups is 1. The van der Waals surface area contributed by atoms with Crippen molar-refractivity contribution in [2.45, 2.75) is 52.6 Å². The molecule has 26 heavy (non-hydrogen) atoms. The van der Waals surface area contributed by atoms with E-state index in [-0.39, 0.29) is 10.6 Å². The Hall–Kier alpha value is -2.56. The average molecular weight is 353 g/mol. The Balaban J connectivity index is 1.79. The SMILES string of the molecule is Cc1ccc(NCc2ccc(N3CCCCC3C)c([N+](=O)[O-])c2)cc1C. The monoisotopic (exact) mass is 353 g/mol. The number of rotatable bonds is 5. The van der Waals surface area contributed by atoms with Gasteiger partial charge in [0.25, 0.3) is 5.69 Å². The lowest BCUT2D eigenvalue weighted by molar-refractivity contribution is -0.384. The normalized spacial score (nSPS) is 17.2. The molecule has 0 amide bonds. The highest BCUT2D eigenvalue weighted by molar-refractivity contribution is 5.65. The molecule has 5 heteroatoms. The summed E-state index contributed by atoms with van der Waals surface area (Å²) in [7, 11) is 0. The number of nitrogens with one attached hydrogen (secondary N) is 1. The summed E-state index contributed by atoms with van der Waals surface area (Å²) in [5.41, 5.74) is 5.39. The van der Waals surface area contributed by atoms with Crippen molar-refractivity contribution >= 4 is 17.1 Å². The Morgan fingerprint density at radius 1 is 1.15 bits per heavy atom. The Labute approximate surface area is 155 Å². The summed E-state index contributed by atoms with van der Waals surface area (Å²) in [6.45, 7) is 7.78. The zero-order valence-corrected chi connectivity index (χ0v) is 15.8. The van der Waals surface area contributed by atoms with Crippen LogP contribution in [-0.4, -0.2) is 17.5 Å². The zero-order chi connectivity index (χ0) is 18.7. The summed E-state index contributed by atoms with van der Waals surface area (Å²) >= 11 is 0. The topological polar surface area (TPSA) is 58.4 Å². The third-order valence-corrected chi connectivity index (χ3v) is 5.35. The molecular formula is C21H27N3O2. The van der Waals surface area contributed by atoms with Crippen LogP contribution in [0.5, 0.6) is 0 Å². The van der Waals surface area contributed by atoms with Crippen molar-refractivity contribution < 1.29 is 4.92 Å². The first kappa shape index (κ1) is 18.2. The van der Waals surface area contributed by atoms with E-state index in [2.05, 4.69) is 43.1 Å². The van der Waals surface area contributed by atoms with E-state index in [1.54, 1.807) is 6.07 Å². The fourth-order valence-corrected chi connectivity index (χ4v) is 3.58. The zero-order valence-electron chi connectivity index (χ0n) is 15.8. The first-order valence-corrected chi connectivity index (χ1v) is 9.31. The van der Waals surface area contributed by atoms with Crippen LogP contribution in [0.3, 0.4) is 0 Å². The number of hydrogen-bond donors (Lipinski definition) is 1. The van der Waals surface area contributed by atoms with Crippen molar-refractivity contribution in [3.63, 3.8) is 0 Å². The first-order chi connectivity index (χ1) is 12.5. The Morgan fingerprint density at radius 2 is 1.96 bits per heavy atom. The highest BCUT2D eigenvalue weighted by atomic mass is 16.6. The molecule has 1 atom stereocenters. The molecule has 0 saturated carbocycles. The van der Waals surface area contributed by atoms with Crippen LogP contribution in [0, 0.1) is 24.0 Å². The van der Waals surface area contributed by atoms with Crippen molar-refractivity contribution in [2.24, 2.45) is 0 Å². The van der Waals surface area contributed by atoms with Gasteiger partial charge >= 0.3 is 0 Å². The highest BCUT2D eigenvalue weighted by Gasteiger charge is 2.25. The van der Waals surface area contributed by atoms with Gasteiger partial charge in [-0.1, -0.05) is 12.1 Å². The molecule has 1 N–H and O–H groups in total. The largest absolute Gasteiger partial charge is 0.381 e. The van der Waals surface area contributed by atoms with Gasteiger partial charge in [-0.15, -0.1) is 0 Å². The summed E-state index contributed by atoms with van der Waals surface area (Å²) in [5, 5.41) is 15.0. The minimum atomic E-state index is -0.254. The molecule has 0 aliphatic carbocycles. The summed E-state index contributed by atoms with van der Waals surface area (Å²) in [5.74, 6) is 0. The molecule has 1 aliphatic rings. The van der Waals surface area contributed by atoms with Gasteiger partial charge in [0.1, 0.15) is 5.69 Å². The number of aryl methyl sites for hydroxylation is 2. The molecule has 1 fully saturated rings. The third kappa shape index (κ3) is 3.98. The molecule has 2 aromatic rings. The number of nitro benzene ring substituents is 1. The maximum atomic E-state index is 11.6. The number of anilines is 2. The summed E-state index contributed by atoms with van der Waals surface area (Å²) in [6, 6.07) is 12.2. The molecule has 1 unspecified atom stereocenters. The van der Waals surface area contributed by atoms with Gasteiger partial charge in [-0.3, -0.25) is 10.1 Å². The minimum absolute atomic E-state index is 0.207. The molecule has 0 radical (unpaired) electrons. The Kier molecular flexibility index (Phi) is 5.45. The van der Waals surface area contributed by atoms with Crippen LogP contribution < -0.4 is 10.2 Å². The summed E-state index contributed by atoms with van der Waals surface area (Å²) < 4.78 is 0. The molecule has 5 nitrogen and oxygen atoms in total. The number of hydrogen-bond acceptors (Lipinski definition) is 4. The van der Waals surface area contributed by atoms with E-state index in [9.17, 15) is 10.1 Å². The molecule has 2 aromatic carbocycles. The summed E-state index contributed by atoms with van der Waals surface area (Å²) in [6.07, 6.45) is 3.38. The van der Waals surface area contributed by atoms with E-state index in [1.165, 1.54) is 17.5 Å². The molecule has 1 heterocycles. The van der Waals surface area contributed by atoms with Crippen LogP contribution in [-0.2, 0) is 6.54 Å². The van der Waals surface area contributed by atoms with Gasteiger partial charge in [0.2, 0.25) is 0 Å². The fourth-order valence-electron chi connectivity index (χ4n) is 3.58. The van der Waals surface area contributed by atoms with Crippen LogP contribution in [0.4, 0.5) is 17.1 Å². The summed E-state index contributed by atoms with van der Waals surface area (Å²) in [4.78, 5) is 13.6. The van der Waals surface area contributed by atoms with Crippen molar-refractivity contribution in [1.29, 1.82) is 0 Å². The van der Waals surface area contributed by atoms with Crippen molar-refractivity contribution in [3.05, 3.63) is 63.2 Å². The van der Waals surface area contributed by atoms with Crippen LogP contribution in [0.15, 0.2) is 36.4 Å². The Morgan fingerprint density at radius 3 is 2.65 bits per heavy atom. The molecule has 138 valence electrons. The van der Waals surface area contributed by atoms with E-state index < -0.39 is 0 Å². The predicted molar refractivity (Wildman–Crippen MR) is 107 cm³/mol. The average Bonchev–Trinajstić information content (AvgIpc) is 2.63.